The Kier molecular flexibility index (Phi) is 5.55. The molecule has 132 valence electrons. The van der Waals surface area contributed by atoms with E-state index < -0.39 is 0 Å². The van der Waals surface area contributed by atoms with Gasteiger partial charge in [0.25, 0.3) is 5.91 Å². The second kappa shape index (κ2) is 7.85. The van der Waals surface area contributed by atoms with Crippen LogP contribution in [0.25, 0.3) is 11.4 Å². The van der Waals surface area contributed by atoms with E-state index in [1.54, 1.807) is 36.5 Å². The van der Waals surface area contributed by atoms with E-state index in [9.17, 15) is 4.79 Å². The number of carbonyl (C=O) groups excluding carboxylic acids is 1. The standard InChI is InChI=1S/C20H17Cl2N3O/c1-13(17-9-8-16(21)10-18(17)22)25(2)20(26)15-11-23-19(24-12-15)14-6-4-3-5-7-14/h3-13H,1-2H3. The van der Waals surface area contributed by atoms with Gasteiger partial charge in [0, 0.05) is 35.1 Å². The van der Waals surface area contributed by atoms with E-state index in [0.717, 1.165) is 11.1 Å². The Morgan fingerprint density at radius 1 is 1.04 bits per heavy atom. The highest BCUT2D eigenvalue weighted by Crippen LogP contribution is 2.29. The molecule has 0 aliphatic heterocycles. The minimum atomic E-state index is -0.221. The van der Waals surface area contributed by atoms with Gasteiger partial charge in [-0.05, 0) is 24.6 Å². The minimum Gasteiger partial charge on any atom is -0.335 e. The van der Waals surface area contributed by atoms with Crippen molar-refractivity contribution in [1.82, 2.24) is 14.9 Å². The number of halogens is 2. The summed E-state index contributed by atoms with van der Waals surface area (Å²) in [4.78, 5) is 23.0. The van der Waals surface area contributed by atoms with Gasteiger partial charge in [0.1, 0.15) is 0 Å². The molecule has 1 aromatic heterocycles. The predicted octanol–water partition coefficient (Wildman–Crippen LogP) is 5.28. The molecule has 1 heterocycles. The van der Waals surface area contributed by atoms with E-state index in [4.69, 9.17) is 23.2 Å². The highest BCUT2D eigenvalue weighted by atomic mass is 35.5. The number of carbonyl (C=O) groups is 1. The molecular weight excluding hydrogens is 369 g/mol. The summed E-state index contributed by atoms with van der Waals surface area (Å²) in [6.07, 6.45) is 3.09. The van der Waals surface area contributed by atoms with E-state index in [2.05, 4.69) is 9.97 Å². The van der Waals surface area contributed by atoms with Gasteiger partial charge in [-0.1, -0.05) is 59.6 Å². The SMILES string of the molecule is CC(c1ccc(Cl)cc1Cl)N(C)C(=O)c1cnc(-c2ccccc2)nc1. The highest BCUT2D eigenvalue weighted by Gasteiger charge is 2.21. The van der Waals surface area contributed by atoms with Crippen molar-refractivity contribution >= 4 is 29.1 Å². The van der Waals surface area contributed by atoms with Gasteiger partial charge in [-0.2, -0.15) is 0 Å². The summed E-state index contributed by atoms with van der Waals surface area (Å²) in [5, 5.41) is 1.09. The topological polar surface area (TPSA) is 46.1 Å². The fourth-order valence-corrected chi connectivity index (χ4v) is 3.17. The van der Waals surface area contributed by atoms with Crippen molar-refractivity contribution in [2.45, 2.75) is 13.0 Å². The fraction of sp³-hybridized carbons (Fsp3) is 0.150. The van der Waals surface area contributed by atoms with Gasteiger partial charge in [0.2, 0.25) is 0 Å². The van der Waals surface area contributed by atoms with E-state index in [1.807, 2.05) is 43.3 Å². The molecule has 0 saturated carbocycles. The Hall–Kier alpha value is -2.43. The predicted molar refractivity (Wildman–Crippen MR) is 104 cm³/mol. The minimum absolute atomic E-state index is 0.178. The first-order valence-corrected chi connectivity index (χ1v) is 8.82. The van der Waals surface area contributed by atoms with Gasteiger partial charge in [0.05, 0.1) is 11.6 Å². The van der Waals surface area contributed by atoms with Gasteiger partial charge in [0.15, 0.2) is 5.82 Å². The van der Waals surface area contributed by atoms with Crippen LogP contribution < -0.4 is 0 Å². The molecule has 1 amide bonds. The van der Waals surface area contributed by atoms with Crippen LogP contribution in [0.4, 0.5) is 0 Å². The molecule has 6 heteroatoms. The third-order valence-electron chi connectivity index (χ3n) is 4.24. The lowest BCUT2D eigenvalue weighted by Crippen LogP contribution is -2.30. The van der Waals surface area contributed by atoms with Crippen molar-refractivity contribution in [3.05, 3.63) is 82.1 Å². The summed E-state index contributed by atoms with van der Waals surface area (Å²) in [7, 11) is 1.73. The second-order valence-electron chi connectivity index (χ2n) is 5.92. The van der Waals surface area contributed by atoms with Crippen molar-refractivity contribution in [1.29, 1.82) is 0 Å². The summed E-state index contributed by atoms with van der Waals surface area (Å²) in [5.41, 5.74) is 2.15. The molecule has 1 unspecified atom stereocenters. The molecule has 0 radical (unpaired) electrons. The molecule has 0 fully saturated rings. The lowest BCUT2D eigenvalue weighted by Gasteiger charge is -2.26. The average molecular weight is 386 g/mol. The maximum Gasteiger partial charge on any atom is 0.257 e. The zero-order chi connectivity index (χ0) is 18.7. The molecule has 26 heavy (non-hydrogen) atoms. The van der Waals surface area contributed by atoms with Crippen LogP contribution in [0.2, 0.25) is 10.0 Å². The first kappa shape index (κ1) is 18.4. The smallest absolute Gasteiger partial charge is 0.257 e. The van der Waals surface area contributed by atoms with Gasteiger partial charge in [-0.3, -0.25) is 4.79 Å². The number of nitrogens with zero attached hydrogens (tertiary/aromatic N) is 3. The Morgan fingerprint density at radius 3 is 2.31 bits per heavy atom. The molecule has 0 bridgehead atoms. The Morgan fingerprint density at radius 2 is 1.69 bits per heavy atom. The molecule has 3 aromatic rings. The summed E-state index contributed by atoms with van der Waals surface area (Å²) >= 11 is 12.2. The molecule has 3 rings (SSSR count). The monoisotopic (exact) mass is 385 g/mol. The first-order chi connectivity index (χ1) is 12.5. The summed E-state index contributed by atoms with van der Waals surface area (Å²) in [6, 6.07) is 14.7. The maximum absolute atomic E-state index is 12.8. The van der Waals surface area contributed by atoms with E-state index >= 15 is 0 Å². The Labute approximate surface area is 162 Å². The zero-order valence-corrected chi connectivity index (χ0v) is 15.9. The van der Waals surface area contributed by atoms with Crippen molar-refractivity contribution < 1.29 is 4.79 Å². The molecule has 2 aromatic carbocycles. The molecular formula is C20H17Cl2N3O. The van der Waals surface area contributed by atoms with Crippen LogP contribution in [-0.4, -0.2) is 27.8 Å². The quantitative estimate of drug-likeness (QED) is 0.613. The number of hydrogen-bond donors (Lipinski definition) is 0. The van der Waals surface area contributed by atoms with Crippen LogP contribution in [0.3, 0.4) is 0 Å². The zero-order valence-electron chi connectivity index (χ0n) is 14.4. The molecule has 0 saturated heterocycles. The largest absolute Gasteiger partial charge is 0.335 e. The number of aromatic nitrogens is 2. The summed E-state index contributed by atoms with van der Waals surface area (Å²) in [5.74, 6) is 0.404. The number of amides is 1. The average Bonchev–Trinajstić information content (AvgIpc) is 2.67. The van der Waals surface area contributed by atoms with Crippen molar-refractivity contribution in [3.8, 4) is 11.4 Å². The van der Waals surface area contributed by atoms with Crippen LogP contribution in [-0.2, 0) is 0 Å². The maximum atomic E-state index is 12.8. The number of rotatable bonds is 4. The lowest BCUT2D eigenvalue weighted by molar-refractivity contribution is 0.0742. The first-order valence-electron chi connectivity index (χ1n) is 8.07. The van der Waals surface area contributed by atoms with Crippen LogP contribution in [0.15, 0.2) is 60.9 Å². The van der Waals surface area contributed by atoms with Gasteiger partial charge >= 0.3 is 0 Å². The second-order valence-corrected chi connectivity index (χ2v) is 6.76. The van der Waals surface area contributed by atoms with E-state index in [0.29, 0.717) is 21.4 Å². The third kappa shape index (κ3) is 3.87. The number of benzene rings is 2. The molecule has 0 aliphatic carbocycles. The van der Waals surface area contributed by atoms with E-state index in [1.165, 1.54) is 0 Å². The lowest BCUT2D eigenvalue weighted by atomic mass is 10.1. The summed E-state index contributed by atoms with van der Waals surface area (Å²) < 4.78 is 0. The van der Waals surface area contributed by atoms with Crippen LogP contribution >= 0.6 is 23.2 Å². The number of hydrogen-bond acceptors (Lipinski definition) is 3. The van der Waals surface area contributed by atoms with Gasteiger partial charge in [-0.15, -0.1) is 0 Å². The van der Waals surface area contributed by atoms with Gasteiger partial charge in [-0.25, -0.2) is 9.97 Å². The van der Waals surface area contributed by atoms with Crippen LogP contribution in [0.5, 0.6) is 0 Å². The van der Waals surface area contributed by atoms with Gasteiger partial charge < -0.3 is 4.90 Å². The summed E-state index contributed by atoms with van der Waals surface area (Å²) in [6.45, 7) is 1.91. The molecule has 1 atom stereocenters. The van der Waals surface area contributed by atoms with Crippen LogP contribution in [0, 0.1) is 0 Å². The molecule has 0 spiro atoms. The Balaban J connectivity index is 1.80. The molecule has 0 N–H and O–H groups in total. The molecule has 0 aliphatic rings. The van der Waals surface area contributed by atoms with Crippen molar-refractivity contribution in [2.75, 3.05) is 7.05 Å². The molecule has 4 nitrogen and oxygen atoms in total. The third-order valence-corrected chi connectivity index (χ3v) is 4.81. The highest BCUT2D eigenvalue weighted by molar-refractivity contribution is 6.35. The van der Waals surface area contributed by atoms with Crippen LogP contribution in [0.1, 0.15) is 28.9 Å². The normalized spacial score (nSPS) is 11.8. The Bertz CT molecular complexity index is 914. The van der Waals surface area contributed by atoms with Crippen molar-refractivity contribution in [2.24, 2.45) is 0 Å². The van der Waals surface area contributed by atoms with Crippen molar-refractivity contribution in [3.63, 3.8) is 0 Å². The fourth-order valence-electron chi connectivity index (χ4n) is 2.60. The van der Waals surface area contributed by atoms with E-state index in [-0.39, 0.29) is 11.9 Å².